The van der Waals surface area contributed by atoms with Gasteiger partial charge in [-0.2, -0.15) is 5.10 Å². The lowest BCUT2D eigenvalue weighted by Gasteiger charge is -2.22. The monoisotopic (exact) mass is 380 g/mol. The van der Waals surface area contributed by atoms with Gasteiger partial charge >= 0.3 is 0 Å². The van der Waals surface area contributed by atoms with Crippen molar-refractivity contribution in [2.24, 2.45) is 0 Å². The molecule has 2 N–H and O–H groups in total. The normalized spacial score (nSPS) is 19.6. The second kappa shape index (κ2) is 7.85. The minimum Gasteiger partial charge on any atom is -0.348 e. The molecule has 0 spiro atoms. The van der Waals surface area contributed by atoms with Gasteiger partial charge in [0.2, 0.25) is 0 Å². The number of hydrogen-bond donors (Lipinski definition) is 2. The van der Waals surface area contributed by atoms with Crippen LogP contribution < -0.4 is 5.32 Å². The lowest BCUT2D eigenvalue weighted by atomic mass is 10.1. The van der Waals surface area contributed by atoms with Crippen molar-refractivity contribution in [1.82, 2.24) is 30.4 Å². The van der Waals surface area contributed by atoms with Crippen molar-refractivity contribution >= 4 is 5.91 Å². The second-order valence-corrected chi connectivity index (χ2v) is 6.96. The topological polar surface area (TPSA) is 86.8 Å². The van der Waals surface area contributed by atoms with Crippen LogP contribution in [-0.2, 0) is 6.54 Å². The molecule has 0 bridgehead atoms. The molecule has 0 saturated carbocycles. The van der Waals surface area contributed by atoms with E-state index in [1.807, 2.05) is 25.1 Å². The summed E-state index contributed by atoms with van der Waals surface area (Å²) in [6.07, 6.45) is 3.45. The predicted molar refractivity (Wildman–Crippen MR) is 101 cm³/mol. The standard InChI is InChI=1S/C20H21FN6O/c1-13-23-19(26-25-13)18-9-16(24-20(28)14-5-3-2-4-6-14)12-27(18)11-15-7-8-22-10-17(15)21/h2-8,10,16,18H,9,11-12H2,1H3,(H,24,28)(H,23,25,26)/t16-,18-/m0/s1. The molecule has 144 valence electrons. The molecular weight excluding hydrogens is 359 g/mol. The Morgan fingerprint density at radius 3 is 2.86 bits per heavy atom. The highest BCUT2D eigenvalue weighted by Gasteiger charge is 2.36. The van der Waals surface area contributed by atoms with Crippen LogP contribution in [0.25, 0.3) is 0 Å². The van der Waals surface area contributed by atoms with Gasteiger partial charge in [-0.1, -0.05) is 18.2 Å². The molecule has 3 heterocycles. The quantitative estimate of drug-likeness (QED) is 0.710. The molecule has 2 atom stereocenters. The molecule has 1 aromatic carbocycles. The van der Waals surface area contributed by atoms with Crippen LogP contribution in [0, 0.1) is 12.7 Å². The van der Waals surface area contributed by atoms with Crippen LogP contribution in [0.2, 0.25) is 0 Å². The van der Waals surface area contributed by atoms with Gasteiger partial charge in [0.25, 0.3) is 5.91 Å². The van der Waals surface area contributed by atoms with Gasteiger partial charge in [0.05, 0.1) is 12.2 Å². The van der Waals surface area contributed by atoms with Crippen molar-refractivity contribution in [3.63, 3.8) is 0 Å². The van der Waals surface area contributed by atoms with Crippen LogP contribution in [0.4, 0.5) is 4.39 Å². The number of pyridine rings is 1. The summed E-state index contributed by atoms with van der Waals surface area (Å²) in [5, 5.41) is 10.2. The van der Waals surface area contributed by atoms with Gasteiger partial charge in [-0.3, -0.25) is 19.8 Å². The van der Waals surface area contributed by atoms with Crippen LogP contribution in [-0.4, -0.2) is 43.6 Å². The highest BCUT2D eigenvalue weighted by Crippen LogP contribution is 2.32. The number of nitrogens with one attached hydrogen (secondary N) is 2. The Morgan fingerprint density at radius 2 is 2.14 bits per heavy atom. The lowest BCUT2D eigenvalue weighted by Crippen LogP contribution is -2.37. The number of benzene rings is 1. The van der Waals surface area contributed by atoms with Crippen LogP contribution in [0.15, 0.2) is 48.8 Å². The predicted octanol–water partition coefficient (Wildman–Crippen LogP) is 2.39. The van der Waals surface area contributed by atoms with Crippen molar-refractivity contribution < 1.29 is 9.18 Å². The summed E-state index contributed by atoms with van der Waals surface area (Å²) in [5.74, 6) is 0.918. The Hall–Kier alpha value is -3.13. The number of aromatic nitrogens is 4. The minimum atomic E-state index is -0.343. The van der Waals surface area contributed by atoms with Gasteiger partial charge in [-0.25, -0.2) is 9.37 Å². The van der Waals surface area contributed by atoms with Crippen molar-refractivity contribution in [1.29, 1.82) is 0 Å². The van der Waals surface area contributed by atoms with E-state index >= 15 is 0 Å². The maximum absolute atomic E-state index is 14.1. The van der Waals surface area contributed by atoms with E-state index in [-0.39, 0.29) is 23.8 Å². The highest BCUT2D eigenvalue weighted by atomic mass is 19.1. The van der Waals surface area contributed by atoms with Crippen LogP contribution in [0.1, 0.15) is 40.0 Å². The van der Waals surface area contributed by atoms with E-state index in [0.29, 0.717) is 36.5 Å². The van der Waals surface area contributed by atoms with Gasteiger partial charge < -0.3 is 5.32 Å². The summed E-state index contributed by atoms with van der Waals surface area (Å²) >= 11 is 0. The summed E-state index contributed by atoms with van der Waals surface area (Å²) in [7, 11) is 0. The van der Waals surface area contributed by atoms with Crippen molar-refractivity contribution in [2.45, 2.75) is 32.0 Å². The fourth-order valence-corrected chi connectivity index (χ4v) is 3.57. The molecular formula is C20H21FN6O. The number of carbonyl (C=O) groups is 1. The molecule has 1 saturated heterocycles. The van der Waals surface area contributed by atoms with Crippen molar-refractivity contribution in [2.75, 3.05) is 6.54 Å². The molecule has 7 nitrogen and oxygen atoms in total. The number of rotatable bonds is 5. The Morgan fingerprint density at radius 1 is 1.32 bits per heavy atom. The fraction of sp³-hybridized carbons (Fsp3) is 0.300. The SMILES string of the molecule is Cc1nc([C@@H]2C[C@H](NC(=O)c3ccccc3)CN2Cc2ccncc2F)n[nH]1. The van der Waals surface area contributed by atoms with E-state index in [2.05, 4.69) is 30.4 Å². The van der Waals surface area contributed by atoms with E-state index in [0.717, 1.165) is 5.82 Å². The molecule has 1 aliphatic rings. The third-order valence-corrected chi connectivity index (χ3v) is 4.92. The summed E-state index contributed by atoms with van der Waals surface area (Å²) in [6.45, 7) is 2.82. The Balaban J connectivity index is 1.53. The summed E-state index contributed by atoms with van der Waals surface area (Å²) in [5.41, 5.74) is 1.17. The zero-order chi connectivity index (χ0) is 19.5. The zero-order valence-corrected chi connectivity index (χ0v) is 15.5. The number of hydrogen-bond acceptors (Lipinski definition) is 5. The van der Waals surface area contributed by atoms with Crippen molar-refractivity contribution in [3.8, 4) is 0 Å². The number of halogens is 1. The van der Waals surface area contributed by atoms with Crippen molar-refractivity contribution in [3.05, 3.63) is 77.4 Å². The smallest absolute Gasteiger partial charge is 0.251 e. The van der Waals surface area contributed by atoms with E-state index in [4.69, 9.17) is 0 Å². The molecule has 28 heavy (non-hydrogen) atoms. The van der Waals surface area contributed by atoms with E-state index in [1.54, 1.807) is 24.4 Å². The number of H-pyrrole nitrogens is 1. The average Bonchev–Trinajstić information content (AvgIpc) is 3.30. The molecule has 0 unspecified atom stereocenters. The molecule has 0 aliphatic carbocycles. The molecule has 4 rings (SSSR count). The number of amides is 1. The van der Waals surface area contributed by atoms with Gasteiger partial charge in [-0.15, -0.1) is 0 Å². The number of likely N-dealkylation sites (tertiary alicyclic amines) is 1. The molecule has 1 amide bonds. The van der Waals surface area contributed by atoms with E-state index in [1.165, 1.54) is 6.20 Å². The number of nitrogens with zero attached hydrogens (tertiary/aromatic N) is 4. The average molecular weight is 380 g/mol. The summed E-state index contributed by atoms with van der Waals surface area (Å²) in [6, 6.07) is 10.6. The van der Waals surface area contributed by atoms with Crippen LogP contribution in [0.3, 0.4) is 0 Å². The maximum Gasteiger partial charge on any atom is 0.251 e. The molecule has 8 heteroatoms. The number of aromatic amines is 1. The minimum absolute atomic E-state index is 0.0820. The molecule has 0 radical (unpaired) electrons. The van der Waals surface area contributed by atoms with Gasteiger partial charge in [0.1, 0.15) is 11.6 Å². The molecule has 2 aromatic heterocycles. The van der Waals surface area contributed by atoms with E-state index in [9.17, 15) is 9.18 Å². The zero-order valence-electron chi connectivity index (χ0n) is 15.5. The third kappa shape index (κ3) is 3.91. The number of aryl methyl sites for hydroxylation is 1. The molecule has 1 fully saturated rings. The van der Waals surface area contributed by atoms with Crippen LogP contribution in [0.5, 0.6) is 0 Å². The fourth-order valence-electron chi connectivity index (χ4n) is 3.57. The summed E-state index contributed by atoms with van der Waals surface area (Å²) < 4.78 is 14.1. The first-order valence-corrected chi connectivity index (χ1v) is 9.17. The van der Waals surface area contributed by atoms with Crippen LogP contribution >= 0.6 is 0 Å². The van der Waals surface area contributed by atoms with Gasteiger partial charge in [-0.05, 0) is 31.5 Å². The first-order chi connectivity index (χ1) is 13.6. The first-order valence-electron chi connectivity index (χ1n) is 9.17. The Kier molecular flexibility index (Phi) is 5.12. The second-order valence-electron chi connectivity index (χ2n) is 6.96. The molecule has 3 aromatic rings. The largest absolute Gasteiger partial charge is 0.348 e. The van der Waals surface area contributed by atoms with Gasteiger partial charge in [0, 0.05) is 36.5 Å². The summed E-state index contributed by atoms with van der Waals surface area (Å²) in [4.78, 5) is 22.9. The first kappa shape index (κ1) is 18.2. The maximum atomic E-state index is 14.1. The third-order valence-electron chi connectivity index (χ3n) is 4.92. The van der Waals surface area contributed by atoms with Gasteiger partial charge in [0.15, 0.2) is 5.82 Å². The Bertz CT molecular complexity index is 960. The highest BCUT2D eigenvalue weighted by molar-refractivity contribution is 5.94. The Labute approximate surface area is 162 Å². The van der Waals surface area contributed by atoms with E-state index < -0.39 is 0 Å². The molecule has 1 aliphatic heterocycles. The lowest BCUT2D eigenvalue weighted by molar-refractivity contribution is 0.0937. The number of carbonyl (C=O) groups excluding carboxylic acids is 1.